The molecule has 1 N–H and O–H groups in total. The monoisotopic (exact) mass is 351 g/mol. The molecule has 0 fully saturated rings. The molecule has 1 unspecified atom stereocenters. The average Bonchev–Trinajstić information content (AvgIpc) is 2.49. The summed E-state index contributed by atoms with van der Waals surface area (Å²) >= 11 is 3.37. The zero-order valence-corrected chi connectivity index (χ0v) is 13.8. The predicted molar refractivity (Wildman–Crippen MR) is 87.3 cm³/mol. The Balaban J connectivity index is 2.23. The van der Waals surface area contributed by atoms with E-state index in [1.807, 2.05) is 18.2 Å². The van der Waals surface area contributed by atoms with Crippen LogP contribution in [0.1, 0.15) is 31.9 Å². The molecule has 0 aliphatic heterocycles. The summed E-state index contributed by atoms with van der Waals surface area (Å²) < 4.78 is 19.8. The van der Waals surface area contributed by atoms with Crippen LogP contribution in [0.25, 0.3) is 0 Å². The maximum atomic E-state index is 13.3. The number of hydrogen-bond donors (Lipinski definition) is 1. The molecular formula is C17H19BrFNO. The van der Waals surface area contributed by atoms with Crippen molar-refractivity contribution in [3.8, 4) is 11.5 Å². The molecule has 0 aromatic heterocycles. The zero-order chi connectivity index (χ0) is 15.2. The van der Waals surface area contributed by atoms with E-state index >= 15 is 0 Å². The molecule has 0 saturated heterocycles. The summed E-state index contributed by atoms with van der Waals surface area (Å²) in [4.78, 5) is 0. The molecule has 4 heteroatoms. The fourth-order valence-electron chi connectivity index (χ4n) is 2.22. The van der Waals surface area contributed by atoms with E-state index in [0.717, 1.165) is 17.4 Å². The van der Waals surface area contributed by atoms with Crippen LogP contribution < -0.4 is 10.1 Å². The van der Waals surface area contributed by atoms with Crippen LogP contribution in [0.2, 0.25) is 0 Å². The third-order valence-corrected chi connectivity index (χ3v) is 3.90. The van der Waals surface area contributed by atoms with Crippen molar-refractivity contribution >= 4 is 15.9 Å². The molecule has 0 heterocycles. The Bertz CT molecular complexity index is 603. The van der Waals surface area contributed by atoms with Gasteiger partial charge in [-0.2, -0.15) is 0 Å². The quantitative estimate of drug-likeness (QED) is 0.747. The Kier molecular flexibility index (Phi) is 5.76. The highest BCUT2D eigenvalue weighted by atomic mass is 79.9. The Morgan fingerprint density at radius 2 is 2.00 bits per heavy atom. The fourth-order valence-corrected chi connectivity index (χ4v) is 2.55. The van der Waals surface area contributed by atoms with Gasteiger partial charge in [-0.1, -0.05) is 26.0 Å². The Hall–Kier alpha value is -1.39. The van der Waals surface area contributed by atoms with Crippen molar-refractivity contribution in [2.45, 2.75) is 26.3 Å². The van der Waals surface area contributed by atoms with E-state index in [1.54, 1.807) is 6.07 Å². The number of ether oxygens (including phenoxy) is 1. The largest absolute Gasteiger partial charge is 0.456 e. The van der Waals surface area contributed by atoms with Crippen molar-refractivity contribution in [3.63, 3.8) is 0 Å². The Labute approximate surface area is 133 Å². The summed E-state index contributed by atoms with van der Waals surface area (Å²) in [6.45, 7) is 5.15. The first-order valence-electron chi connectivity index (χ1n) is 7.10. The van der Waals surface area contributed by atoms with Gasteiger partial charge in [-0.15, -0.1) is 0 Å². The number of rotatable bonds is 6. The van der Waals surface area contributed by atoms with Gasteiger partial charge in [-0.05, 0) is 58.7 Å². The summed E-state index contributed by atoms with van der Waals surface area (Å²) in [7, 11) is 0. The lowest BCUT2D eigenvalue weighted by Gasteiger charge is -2.17. The molecule has 0 saturated carbocycles. The van der Waals surface area contributed by atoms with Crippen LogP contribution >= 0.6 is 15.9 Å². The van der Waals surface area contributed by atoms with Crippen LogP contribution in [0, 0.1) is 5.82 Å². The van der Waals surface area contributed by atoms with Gasteiger partial charge in [0.1, 0.15) is 17.3 Å². The SMILES string of the molecule is CCNC(CC)c1cccc(Oc2cc(F)ccc2Br)c1. The third kappa shape index (κ3) is 4.29. The van der Waals surface area contributed by atoms with Crippen molar-refractivity contribution in [2.75, 3.05) is 6.54 Å². The molecular weight excluding hydrogens is 333 g/mol. The highest BCUT2D eigenvalue weighted by molar-refractivity contribution is 9.10. The van der Waals surface area contributed by atoms with E-state index in [4.69, 9.17) is 4.74 Å². The summed E-state index contributed by atoms with van der Waals surface area (Å²) in [5.41, 5.74) is 1.17. The summed E-state index contributed by atoms with van der Waals surface area (Å²) in [6.07, 6.45) is 1.00. The van der Waals surface area contributed by atoms with Gasteiger partial charge < -0.3 is 10.1 Å². The van der Waals surface area contributed by atoms with Crippen molar-refractivity contribution < 1.29 is 9.13 Å². The third-order valence-electron chi connectivity index (χ3n) is 3.24. The van der Waals surface area contributed by atoms with Crippen LogP contribution in [-0.2, 0) is 0 Å². The molecule has 21 heavy (non-hydrogen) atoms. The van der Waals surface area contributed by atoms with E-state index < -0.39 is 0 Å². The van der Waals surface area contributed by atoms with Crippen molar-refractivity contribution in [2.24, 2.45) is 0 Å². The second-order valence-electron chi connectivity index (χ2n) is 4.77. The van der Waals surface area contributed by atoms with E-state index in [1.165, 1.54) is 17.7 Å². The van der Waals surface area contributed by atoms with Gasteiger partial charge in [0.25, 0.3) is 0 Å². The number of benzene rings is 2. The van der Waals surface area contributed by atoms with Crippen LogP contribution in [0.5, 0.6) is 11.5 Å². The molecule has 0 aliphatic carbocycles. The smallest absolute Gasteiger partial charge is 0.144 e. The number of halogens is 2. The molecule has 2 aromatic rings. The molecule has 0 aliphatic rings. The van der Waals surface area contributed by atoms with Crippen LogP contribution in [0.4, 0.5) is 4.39 Å². The maximum Gasteiger partial charge on any atom is 0.144 e. The molecule has 0 spiro atoms. The highest BCUT2D eigenvalue weighted by Gasteiger charge is 2.10. The van der Waals surface area contributed by atoms with Crippen LogP contribution in [0.3, 0.4) is 0 Å². The number of nitrogens with one attached hydrogen (secondary N) is 1. The van der Waals surface area contributed by atoms with Gasteiger partial charge in [-0.25, -0.2) is 4.39 Å². The summed E-state index contributed by atoms with van der Waals surface area (Å²) in [5, 5.41) is 3.44. The Morgan fingerprint density at radius 3 is 2.71 bits per heavy atom. The van der Waals surface area contributed by atoms with E-state index in [-0.39, 0.29) is 5.82 Å². The minimum Gasteiger partial charge on any atom is -0.456 e. The fraction of sp³-hybridized carbons (Fsp3) is 0.294. The first-order valence-corrected chi connectivity index (χ1v) is 7.89. The van der Waals surface area contributed by atoms with Gasteiger partial charge in [0.15, 0.2) is 0 Å². The van der Waals surface area contributed by atoms with E-state index in [2.05, 4.69) is 41.2 Å². The van der Waals surface area contributed by atoms with Gasteiger partial charge in [0.2, 0.25) is 0 Å². The molecule has 0 bridgehead atoms. The molecule has 112 valence electrons. The standard InChI is InChI=1S/C17H19BrFNO/c1-3-16(20-4-2)12-6-5-7-14(10-12)21-17-11-13(19)8-9-15(17)18/h5-11,16,20H,3-4H2,1-2H3. The Morgan fingerprint density at radius 1 is 1.19 bits per heavy atom. The molecule has 1 atom stereocenters. The van der Waals surface area contributed by atoms with Crippen molar-refractivity contribution in [1.29, 1.82) is 0 Å². The lowest BCUT2D eigenvalue weighted by atomic mass is 10.0. The normalized spacial score (nSPS) is 12.2. The molecule has 2 aromatic carbocycles. The zero-order valence-electron chi connectivity index (χ0n) is 12.2. The summed E-state index contributed by atoms with van der Waals surface area (Å²) in [6, 6.07) is 12.6. The number of hydrogen-bond acceptors (Lipinski definition) is 2. The second-order valence-corrected chi connectivity index (χ2v) is 5.62. The molecule has 2 nitrogen and oxygen atoms in total. The maximum absolute atomic E-state index is 13.3. The first kappa shape index (κ1) is 16.0. The first-order chi connectivity index (χ1) is 10.1. The van der Waals surface area contributed by atoms with E-state index in [9.17, 15) is 4.39 Å². The predicted octanol–water partition coefficient (Wildman–Crippen LogP) is 5.44. The average molecular weight is 352 g/mol. The topological polar surface area (TPSA) is 21.3 Å². The minimum atomic E-state index is -0.316. The van der Waals surface area contributed by atoms with Crippen molar-refractivity contribution in [3.05, 3.63) is 58.3 Å². The van der Waals surface area contributed by atoms with Crippen LogP contribution in [0.15, 0.2) is 46.9 Å². The highest BCUT2D eigenvalue weighted by Crippen LogP contribution is 2.31. The minimum absolute atomic E-state index is 0.300. The van der Waals surface area contributed by atoms with Crippen LogP contribution in [-0.4, -0.2) is 6.54 Å². The summed E-state index contributed by atoms with van der Waals surface area (Å²) in [5.74, 6) is 0.863. The molecule has 0 amide bonds. The van der Waals surface area contributed by atoms with Gasteiger partial charge >= 0.3 is 0 Å². The second kappa shape index (κ2) is 7.57. The molecule has 0 radical (unpaired) electrons. The molecule has 2 rings (SSSR count). The lowest BCUT2D eigenvalue weighted by molar-refractivity contribution is 0.469. The van der Waals surface area contributed by atoms with Gasteiger partial charge in [-0.3, -0.25) is 0 Å². The van der Waals surface area contributed by atoms with Crippen molar-refractivity contribution in [1.82, 2.24) is 5.32 Å². The van der Waals surface area contributed by atoms with Gasteiger partial charge in [0, 0.05) is 12.1 Å². The van der Waals surface area contributed by atoms with E-state index in [0.29, 0.717) is 17.5 Å². The van der Waals surface area contributed by atoms with Gasteiger partial charge in [0.05, 0.1) is 4.47 Å². The lowest BCUT2D eigenvalue weighted by Crippen LogP contribution is -2.19.